The average Bonchev–Trinajstić information content (AvgIpc) is 2.98. The number of pyridine rings is 1. The number of aromatic nitrogens is 2. The molecular weight excluding hydrogens is 290 g/mol. The Morgan fingerprint density at radius 1 is 1.38 bits per heavy atom. The molecule has 0 spiro atoms. The first-order valence-electron chi connectivity index (χ1n) is 6.18. The largest absolute Gasteiger partial charge is 0.478 e. The summed E-state index contributed by atoms with van der Waals surface area (Å²) in [5.74, 6) is -1.41. The molecule has 0 radical (unpaired) electrons. The predicted molar refractivity (Wildman–Crippen MR) is 79.1 cm³/mol. The lowest BCUT2D eigenvalue weighted by atomic mass is 10.1. The second-order valence-electron chi connectivity index (χ2n) is 4.10. The minimum Gasteiger partial charge on any atom is -0.478 e. The van der Waals surface area contributed by atoms with Crippen LogP contribution in [0.4, 0.5) is 0 Å². The molecule has 0 aromatic carbocycles. The molecule has 0 fully saturated rings. The van der Waals surface area contributed by atoms with Gasteiger partial charge in [-0.25, -0.2) is 9.78 Å². The maximum absolute atomic E-state index is 12.1. The van der Waals surface area contributed by atoms with Gasteiger partial charge in [-0.3, -0.25) is 9.78 Å². The normalized spacial score (nSPS) is 10.7. The van der Waals surface area contributed by atoms with Gasteiger partial charge >= 0.3 is 5.97 Å². The summed E-state index contributed by atoms with van der Waals surface area (Å²) in [6.45, 7) is 0.446. The summed E-state index contributed by atoms with van der Waals surface area (Å²) in [6, 6.07) is 3.29. The topological polar surface area (TPSA) is 92.2 Å². The minimum absolute atomic E-state index is 0.202. The van der Waals surface area contributed by atoms with Gasteiger partial charge in [-0.05, 0) is 12.1 Å². The molecule has 7 heteroatoms. The van der Waals surface area contributed by atoms with Gasteiger partial charge in [0.1, 0.15) is 5.69 Å². The fourth-order valence-electron chi connectivity index (χ4n) is 1.65. The third-order valence-electron chi connectivity index (χ3n) is 2.61. The Kier molecular flexibility index (Phi) is 5.16. The van der Waals surface area contributed by atoms with Crippen molar-refractivity contribution in [2.45, 2.75) is 6.42 Å². The van der Waals surface area contributed by atoms with Crippen LogP contribution in [-0.2, 0) is 11.2 Å². The Labute approximate surface area is 125 Å². The second-order valence-corrected chi connectivity index (χ2v) is 4.82. The molecule has 2 aromatic rings. The summed E-state index contributed by atoms with van der Waals surface area (Å²) in [6.07, 6.45) is 4.46. The number of carbonyl (C=O) groups excluding carboxylic acids is 1. The van der Waals surface area contributed by atoms with E-state index >= 15 is 0 Å². The molecule has 6 nitrogen and oxygen atoms in total. The predicted octanol–water partition coefficient (Wildman–Crippen LogP) is 1.61. The third-order valence-corrected chi connectivity index (χ3v) is 3.24. The van der Waals surface area contributed by atoms with Gasteiger partial charge in [0.05, 0.1) is 11.2 Å². The Bertz CT molecular complexity index is 653. The quantitative estimate of drug-likeness (QED) is 0.791. The number of hydrogen-bond acceptors (Lipinski definition) is 5. The lowest BCUT2D eigenvalue weighted by molar-refractivity contribution is -0.131. The van der Waals surface area contributed by atoms with E-state index in [0.29, 0.717) is 18.5 Å². The van der Waals surface area contributed by atoms with E-state index in [-0.39, 0.29) is 11.6 Å². The van der Waals surface area contributed by atoms with E-state index in [1.165, 1.54) is 23.6 Å². The lowest BCUT2D eigenvalue weighted by Crippen LogP contribution is -2.27. The van der Waals surface area contributed by atoms with Crippen molar-refractivity contribution in [3.05, 3.63) is 52.2 Å². The highest BCUT2D eigenvalue weighted by Gasteiger charge is 2.10. The van der Waals surface area contributed by atoms with Crippen LogP contribution in [0.5, 0.6) is 0 Å². The number of thiazole rings is 1. The molecule has 0 aliphatic carbocycles. The van der Waals surface area contributed by atoms with Crippen molar-refractivity contribution in [2.75, 3.05) is 6.54 Å². The summed E-state index contributed by atoms with van der Waals surface area (Å²) >= 11 is 1.51. The summed E-state index contributed by atoms with van der Waals surface area (Å²) < 4.78 is 0. The van der Waals surface area contributed by atoms with Gasteiger partial charge in [0.15, 0.2) is 0 Å². The third kappa shape index (κ3) is 4.50. The van der Waals surface area contributed by atoms with Crippen molar-refractivity contribution in [3.8, 4) is 0 Å². The number of rotatable bonds is 6. The van der Waals surface area contributed by atoms with Crippen molar-refractivity contribution in [1.82, 2.24) is 15.3 Å². The minimum atomic E-state index is -1.08. The van der Waals surface area contributed by atoms with Crippen LogP contribution in [0.3, 0.4) is 0 Å². The number of carbonyl (C=O) groups is 2. The highest BCUT2D eigenvalue weighted by Crippen LogP contribution is 2.08. The van der Waals surface area contributed by atoms with E-state index in [4.69, 9.17) is 5.11 Å². The van der Waals surface area contributed by atoms with E-state index < -0.39 is 5.97 Å². The zero-order valence-electron chi connectivity index (χ0n) is 11.0. The van der Waals surface area contributed by atoms with Gasteiger partial charge < -0.3 is 10.4 Å². The zero-order chi connectivity index (χ0) is 15.1. The fourth-order valence-corrected chi connectivity index (χ4v) is 2.24. The van der Waals surface area contributed by atoms with Crippen LogP contribution in [0, 0.1) is 0 Å². The highest BCUT2D eigenvalue weighted by molar-refractivity contribution is 7.07. The number of carboxylic acid groups (broad SMARTS) is 1. The number of amides is 1. The second kappa shape index (κ2) is 7.30. The van der Waals surface area contributed by atoms with Gasteiger partial charge in [-0.1, -0.05) is 6.07 Å². The molecule has 0 atom stereocenters. The van der Waals surface area contributed by atoms with Crippen LogP contribution in [0.15, 0.2) is 35.3 Å². The van der Waals surface area contributed by atoms with Gasteiger partial charge in [-0.2, -0.15) is 0 Å². The van der Waals surface area contributed by atoms with Crippen molar-refractivity contribution >= 4 is 29.3 Å². The van der Waals surface area contributed by atoms with Crippen molar-refractivity contribution in [1.29, 1.82) is 0 Å². The molecule has 0 bridgehead atoms. The Balaban J connectivity index is 2.00. The standard InChI is InChI=1S/C14H13N3O3S/c18-12(19)4-3-10-2-1-6-15-13(10)14(20)16-7-5-11-8-21-9-17-11/h1-4,6,8-9H,5,7H2,(H,16,20)(H,18,19)/b4-3+. The average molecular weight is 303 g/mol. The molecule has 2 heterocycles. The van der Waals surface area contributed by atoms with E-state index in [2.05, 4.69) is 15.3 Å². The van der Waals surface area contributed by atoms with E-state index in [0.717, 1.165) is 11.8 Å². The van der Waals surface area contributed by atoms with Crippen LogP contribution in [0.2, 0.25) is 0 Å². The van der Waals surface area contributed by atoms with Crippen LogP contribution in [0.25, 0.3) is 6.08 Å². The summed E-state index contributed by atoms with van der Waals surface area (Å²) in [7, 11) is 0. The van der Waals surface area contributed by atoms with E-state index in [9.17, 15) is 9.59 Å². The Morgan fingerprint density at radius 2 is 2.24 bits per heavy atom. The fraction of sp³-hybridized carbons (Fsp3) is 0.143. The summed E-state index contributed by atoms with van der Waals surface area (Å²) in [4.78, 5) is 30.7. The maximum Gasteiger partial charge on any atom is 0.328 e. The molecule has 2 rings (SSSR count). The summed E-state index contributed by atoms with van der Waals surface area (Å²) in [5.41, 5.74) is 3.33. The molecule has 0 saturated heterocycles. The first kappa shape index (κ1) is 14.9. The number of hydrogen-bond donors (Lipinski definition) is 2. The van der Waals surface area contributed by atoms with Gasteiger partial charge in [0.2, 0.25) is 0 Å². The molecule has 0 unspecified atom stereocenters. The molecule has 0 aliphatic rings. The van der Waals surface area contributed by atoms with Crippen LogP contribution in [0.1, 0.15) is 21.7 Å². The number of aliphatic carboxylic acids is 1. The van der Waals surface area contributed by atoms with Gasteiger partial charge in [-0.15, -0.1) is 11.3 Å². The van der Waals surface area contributed by atoms with Crippen LogP contribution in [-0.4, -0.2) is 33.5 Å². The van der Waals surface area contributed by atoms with Crippen molar-refractivity contribution in [2.24, 2.45) is 0 Å². The first-order chi connectivity index (χ1) is 10.2. The van der Waals surface area contributed by atoms with Gasteiger partial charge in [0.25, 0.3) is 5.91 Å². The molecule has 21 heavy (non-hydrogen) atoms. The number of carboxylic acids is 1. The molecule has 2 aromatic heterocycles. The molecular formula is C14H13N3O3S. The van der Waals surface area contributed by atoms with Crippen LogP contribution < -0.4 is 5.32 Å². The molecule has 108 valence electrons. The van der Waals surface area contributed by atoms with Gasteiger partial charge in [0, 0.05) is 36.2 Å². The molecule has 1 amide bonds. The monoisotopic (exact) mass is 303 g/mol. The lowest BCUT2D eigenvalue weighted by Gasteiger charge is -2.06. The SMILES string of the molecule is O=C(O)/C=C/c1cccnc1C(=O)NCCc1cscn1. The Morgan fingerprint density at radius 3 is 2.95 bits per heavy atom. The Hall–Kier alpha value is -2.54. The zero-order valence-corrected chi connectivity index (χ0v) is 11.8. The molecule has 2 N–H and O–H groups in total. The maximum atomic E-state index is 12.1. The van der Waals surface area contributed by atoms with Crippen molar-refractivity contribution in [3.63, 3.8) is 0 Å². The molecule has 0 saturated carbocycles. The van der Waals surface area contributed by atoms with E-state index in [1.54, 1.807) is 17.6 Å². The number of nitrogens with one attached hydrogen (secondary N) is 1. The smallest absolute Gasteiger partial charge is 0.328 e. The highest BCUT2D eigenvalue weighted by atomic mass is 32.1. The van der Waals surface area contributed by atoms with E-state index in [1.807, 2.05) is 5.38 Å². The van der Waals surface area contributed by atoms with Crippen LogP contribution >= 0.6 is 11.3 Å². The van der Waals surface area contributed by atoms with Crippen molar-refractivity contribution < 1.29 is 14.7 Å². The number of nitrogens with zero attached hydrogens (tertiary/aromatic N) is 2. The molecule has 0 aliphatic heterocycles. The summed E-state index contributed by atoms with van der Waals surface area (Å²) in [5, 5.41) is 13.3. The first-order valence-corrected chi connectivity index (χ1v) is 7.12.